The molecular formula is C18H26ClN3O2. The van der Waals surface area contributed by atoms with Gasteiger partial charge in [-0.1, -0.05) is 11.6 Å². The molecule has 2 fully saturated rings. The van der Waals surface area contributed by atoms with Gasteiger partial charge >= 0.3 is 0 Å². The number of nitrogens with two attached hydrogens (primary N) is 1. The van der Waals surface area contributed by atoms with Gasteiger partial charge in [0.2, 0.25) is 5.91 Å². The molecule has 2 aliphatic heterocycles. The lowest BCUT2D eigenvalue weighted by Gasteiger charge is -2.41. The Hall–Kier alpha value is -1.30. The summed E-state index contributed by atoms with van der Waals surface area (Å²) in [6.07, 6.45) is 0.854. The number of hydrogen-bond acceptors (Lipinski definition) is 4. The van der Waals surface area contributed by atoms with Crippen molar-refractivity contribution in [2.75, 3.05) is 38.6 Å². The third-order valence-corrected chi connectivity index (χ3v) is 5.41. The topological polar surface area (TPSA) is 58.8 Å². The fraction of sp³-hybridized carbons (Fsp3) is 0.611. The highest BCUT2D eigenvalue weighted by molar-refractivity contribution is 6.31. The van der Waals surface area contributed by atoms with Crippen LogP contribution in [0.4, 0.5) is 5.69 Å². The molecule has 24 heavy (non-hydrogen) atoms. The molecule has 3 rings (SSSR count). The van der Waals surface area contributed by atoms with E-state index < -0.39 is 0 Å². The zero-order valence-electron chi connectivity index (χ0n) is 14.4. The minimum Gasteiger partial charge on any atom is -0.398 e. The van der Waals surface area contributed by atoms with E-state index in [-0.39, 0.29) is 17.9 Å². The van der Waals surface area contributed by atoms with Crippen molar-refractivity contribution in [3.63, 3.8) is 0 Å². The zero-order chi connectivity index (χ0) is 17.3. The highest BCUT2D eigenvalue weighted by Crippen LogP contribution is 2.25. The highest BCUT2D eigenvalue weighted by Gasteiger charge is 2.33. The van der Waals surface area contributed by atoms with Gasteiger partial charge in [0.15, 0.2) is 0 Å². The van der Waals surface area contributed by atoms with Crippen LogP contribution in [0.5, 0.6) is 0 Å². The molecule has 2 heterocycles. The van der Waals surface area contributed by atoms with Crippen LogP contribution in [-0.4, -0.2) is 54.6 Å². The molecule has 0 saturated carbocycles. The number of nitrogen functional groups attached to an aromatic ring is 1. The van der Waals surface area contributed by atoms with Gasteiger partial charge in [0, 0.05) is 49.5 Å². The number of anilines is 1. The van der Waals surface area contributed by atoms with Gasteiger partial charge in [-0.3, -0.25) is 9.69 Å². The summed E-state index contributed by atoms with van der Waals surface area (Å²) < 4.78 is 5.36. The van der Waals surface area contributed by atoms with E-state index in [1.54, 1.807) is 6.07 Å². The molecule has 132 valence electrons. The fourth-order valence-electron chi connectivity index (χ4n) is 3.63. The normalized spacial score (nSPS) is 25.2. The minimum atomic E-state index is 0.0500. The number of halogens is 1. The molecule has 0 aliphatic carbocycles. The summed E-state index contributed by atoms with van der Waals surface area (Å²) in [6, 6.07) is 4.00. The maximum absolute atomic E-state index is 12.6. The average molecular weight is 352 g/mol. The van der Waals surface area contributed by atoms with E-state index >= 15 is 0 Å². The van der Waals surface area contributed by atoms with Crippen LogP contribution in [0.15, 0.2) is 12.1 Å². The van der Waals surface area contributed by atoms with Crippen LogP contribution in [0.25, 0.3) is 0 Å². The monoisotopic (exact) mass is 351 g/mol. The third kappa shape index (κ3) is 3.68. The van der Waals surface area contributed by atoms with Crippen LogP contribution in [0.1, 0.15) is 24.5 Å². The van der Waals surface area contributed by atoms with Crippen molar-refractivity contribution in [3.05, 3.63) is 28.3 Å². The van der Waals surface area contributed by atoms with E-state index in [2.05, 4.69) is 11.8 Å². The van der Waals surface area contributed by atoms with Crippen LogP contribution >= 0.6 is 11.6 Å². The average Bonchev–Trinajstić information content (AvgIpc) is 3.06. The molecule has 1 aromatic carbocycles. The number of nitrogens with zero attached hydrogens (tertiary/aromatic N) is 2. The predicted octanol–water partition coefficient (Wildman–Crippen LogP) is 2.30. The smallest absolute Gasteiger partial charge is 0.228 e. The van der Waals surface area contributed by atoms with Crippen molar-refractivity contribution in [3.8, 4) is 0 Å². The summed E-state index contributed by atoms with van der Waals surface area (Å²) in [5, 5.41) is 0.677. The van der Waals surface area contributed by atoms with E-state index in [4.69, 9.17) is 22.1 Å². The first-order valence-electron chi connectivity index (χ1n) is 8.60. The molecule has 2 saturated heterocycles. The maximum Gasteiger partial charge on any atom is 0.228 e. The van der Waals surface area contributed by atoms with Crippen LogP contribution in [0.2, 0.25) is 5.02 Å². The van der Waals surface area contributed by atoms with E-state index in [1.807, 2.05) is 17.9 Å². The summed E-state index contributed by atoms with van der Waals surface area (Å²) in [5.41, 5.74) is 9.01. The maximum atomic E-state index is 12.6. The Kier molecular flexibility index (Phi) is 5.33. The largest absolute Gasteiger partial charge is 0.398 e. The fourth-order valence-corrected chi connectivity index (χ4v) is 3.88. The molecule has 6 heteroatoms. The number of rotatable bonds is 3. The van der Waals surface area contributed by atoms with Gasteiger partial charge in [-0.05, 0) is 43.5 Å². The minimum absolute atomic E-state index is 0.0500. The van der Waals surface area contributed by atoms with Crippen LogP contribution in [0.3, 0.4) is 0 Å². The van der Waals surface area contributed by atoms with Crippen molar-refractivity contribution in [2.45, 2.75) is 32.9 Å². The number of ether oxygens (including phenoxy) is 1. The first-order chi connectivity index (χ1) is 11.5. The lowest BCUT2D eigenvalue weighted by atomic mass is 10.0. The summed E-state index contributed by atoms with van der Waals surface area (Å²) in [7, 11) is 0. The lowest BCUT2D eigenvalue weighted by molar-refractivity contribution is -0.140. The molecule has 1 amide bonds. The van der Waals surface area contributed by atoms with Gasteiger partial charge < -0.3 is 15.4 Å². The van der Waals surface area contributed by atoms with Crippen molar-refractivity contribution < 1.29 is 9.53 Å². The molecule has 0 aromatic heterocycles. The second-order valence-corrected chi connectivity index (χ2v) is 7.39. The zero-order valence-corrected chi connectivity index (χ0v) is 15.2. The predicted molar refractivity (Wildman–Crippen MR) is 96.0 cm³/mol. The molecule has 5 nitrogen and oxygen atoms in total. The van der Waals surface area contributed by atoms with E-state index in [0.29, 0.717) is 18.2 Å². The van der Waals surface area contributed by atoms with Gasteiger partial charge in [-0.15, -0.1) is 0 Å². The highest BCUT2D eigenvalue weighted by atomic mass is 35.5. The molecule has 2 atom stereocenters. The van der Waals surface area contributed by atoms with E-state index in [9.17, 15) is 4.79 Å². The van der Waals surface area contributed by atoms with Crippen LogP contribution in [-0.2, 0) is 16.1 Å². The molecule has 0 spiro atoms. The number of carbonyl (C=O) groups is 1. The van der Waals surface area contributed by atoms with Crippen molar-refractivity contribution in [1.29, 1.82) is 0 Å². The van der Waals surface area contributed by atoms with Gasteiger partial charge in [0.05, 0.1) is 12.5 Å². The summed E-state index contributed by atoms with van der Waals surface area (Å²) in [5.74, 6) is 0.303. The summed E-state index contributed by atoms with van der Waals surface area (Å²) >= 11 is 6.14. The second kappa shape index (κ2) is 7.30. The summed E-state index contributed by atoms with van der Waals surface area (Å²) in [4.78, 5) is 17.0. The van der Waals surface area contributed by atoms with Crippen molar-refractivity contribution in [1.82, 2.24) is 9.80 Å². The molecule has 0 radical (unpaired) electrons. The number of piperazine rings is 1. The van der Waals surface area contributed by atoms with E-state index in [0.717, 1.165) is 49.4 Å². The van der Waals surface area contributed by atoms with E-state index in [1.165, 1.54) is 0 Å². The Morgan fingerprint density at radius 2 is 2.21 bits per heavy atom. The third-order valence-electron chi connectivity index (χ3n) is 5.19. The van der Waals surface area contributed by atoms with Gasteiger partial charge in [-0.2, -0.15) is 0 Å². The Bertz CT molecular complexity index is 617. The Morgan fingerprint density at radius 3 is 2.88 bits per heavy atom. The summed E-state index contributed by atoms with van der Waals surface area (Å²) in [6.45, 7) is 8.76. The van der Waals surface area contributed by atoms with Crippen LogP contribution < -0.4 is 5.73 Å². The van der Waals surface area contributed by atoms with Gasteiger partial charge in [0.1, 0.15) is 0 Å². The lowest BCUT2D eigenvalue weighted by Crippen LogP contribution is -2.55. The molecule has 1 aromatic rings. The number of amides is 1. The first kappa shape index (κ1) is 17.5. The molecule has 2 N–H and O–H groups in total. The molecular weight excluding hydrogens is 326 g/mol. The Morgan fingerprint density at radius 1 is 1.42 bits per heavy atom. The molecule has 2 aliphatic rings. The van der Waals surface area contributed by atoms with Crippen molar-refractivity contribution in [2.24, 2.45) is 5.92 Å². The second-order valence-electron chi connectivity index (χ2n) is 6.96. The first-order valence-corrected chi connectivity index (χ1v) is 8.98. The van der Waals surface area contributed by atoms with Crippen molar-refractivity contribution >= 4 is 23.2 Å². The quantitative estimate of drug-likeness (QED) is 0.849. The Labute approximate surface area is 148 Å². The number of benzene rings is 1. The molecule has 2 unspecified atom stereocenters. The van der Waals surface area contributed by atoms with Gasteiger partial charge in [-0.25, -0.2) is 0 Å². The standard InChI is InChI=1S/C18H26ClN3O2/c1-12-9-21(10-15-7-16(19)8-17(20)13(15)2)4-5-22(12)18(23)14-3-6-24-11-14/h7-8,12,14H,3-6,9-11,20H2,1-2H3. The number of hydrogen-bond donors (Lipinski definition) is 1. The van der Waals surface area contributed by atoms with Gasteiger partial charge in [0.25, 0.3) is 0 Å². The van der Waals surface area contributed by atoms with Crippen LogP contribution in [0, 0.1) is 12.8 Å². The molecule has 0 bridgehead atoms. The number of carbonyl (C=O) groups excluding carboxylic acids is 1. The SMILES string of the molecule is Cc1c(N)cc(Cl)cc1CN1CCN(C(=O)C2CCOC2)C(C)C1. The Balaban J connectivity index is 1.62.